The summed E-state index contributed by atoms with van der Waals surface area (Å²) < 4.78 is 0. The summed E-state index contributed by atoms with van der Waals surface area (Å²) in [6, 6.07) is 1.70. The molecule has 0 spiro atoms. The van der Waals surface area contributed by atoms with Crippen molar-refractivity contribution in [3.05, 3.63) is 34.2 Å². The van der Waals surface area contributed by atoms with Crippen molar-refractivity contribution in [2.24, 2.45) is 0 Å². The molecule has 1 saturated heterocycles. The molecule has 2 aromatic rings. The number of rotatable bonds is 6. The monoisotopic (exact) mass is 360 g/mol. The van der Waals surface area contributed by atoms with Crippen LogP contribution in [0.25, 0.3) is 0 Å². The van der Waals surface area contributed by atoms with Crippen LogP contribution >= 0.6 is 11.3 Å². The lowest BCUT2D eigenvalue weighted by Gasteiger charge is -2.24. The summed E-state index contributed by atoms with van der Waals surface area (Å²) >= 11 is 1.26. The molecular weight excluding hydrogens is 340 g/mol. The van der Waals surface area contributed by atoms with Crippen molar-refractivity contribution < 1.29 is 9.59 Å². The number of amides is 1. The third kappa shape index (κ3) is 4.58. The second-order valence-corrected chi connectivity index (χ2v) is 6.96. The first-order valence-corrected chi connectivity index (χ1v) is 8.98. The predicted molar refractivity (Wildman–Crippen MR) is 94.9 cm³/mol. The predicted octanol–water partition coefficient (Wildman–Crippen LogP) is 1.40. The van der Waals surface area contributed by atoms with Crippen molar-refractivity contribution >= 4 is 29.3 Å². The molecular formula is C16H20N6O2S. The summed E-state index contributed by atoms with van der Waals surface area (Å²) in [5.74, 6) is 0.350. The molecule has 1 atom stereocenters. The molecule has 3 rings (SSSR count). The van der Waals surface area contributed by atoms with Crippen LogP contribution in [0, 0.1) is 0 Å². The van der Waals surface area contributed by atoms with Crippen molar-refractivity contribution in [1.29, 1.82) is 0 Å². The van der Waals surface area contributed by atoms with Crippen LogP contribution in [0.2, 0.25) is 0 Å². The van der Waals surface area contributed by atoms with Gasteiger partial charge in [-0.05, 0) is 32.9 Å². The minimum Gasteiger partial charge on any atom is -0.367 e. The van der Waals surface area contributed by atoms with E-state index in [2.05, 4.69) is 30.9 Å². The van der Waals surface area contributed by atoms with E-state index in [1.165, 1.54) is 23.9 Å². The lowest BCUT2D eigenvalue weighted by atomic mass is 10.1. The average molecular weight is 360 g/mol. The molecule has 1 amide bonds. The van der Waals surface area contributed by atoms with E-state index in [9.17, 15) is 9.59 Å². The van der Waals surface area contributed by atoms with Crippen LogP contribution < -0.4 is 16.0 Å². The van der Waals surface area contributed by atoms with Gasteiger partial charge in [-0.3, -0.25) is 9.59 Å². The minimum atomic E-state index is -0.304. The Labute approximate surface area is 149 Å². The van der Waals surface area contributed by atoms with E-state index in [1.807, 2.05) is 6.92 Å². The van der Waals surface area contributed by atoms with Crippen LogP contribution in [0.1, 0.15) is 51.0 Å². The highest BCUT2D eigenvalue weighted by molar-refractivity contribution is 7.13. The molecule has 0 saturated carbocycles. The Hall–Kier alpha value is -2.39. The molecule has 132 valence electrons. The standard InChI is InChI=1S/C16H20N6O2S/c1-10(16-18-7-12(8-23)25-16)21-15(24)13-6-14(20-9-19-13)22-11-2-4-17-5-3-11/h6-11,17H,2-5H2,1H3,(H,21,24)(H,19,20,22). The highest BCUT2D eigenvalue weighted by Crippen LogP contribution is 2.19. The lowest BCUT2D eigenvalue weighted by Crippen LogP contribution is -2.35. The molecule has 3 N–H and O–H groups in total. The van der Waals surface area contributed by atoms with E-state index in [0.29, 0.717) is 27.4 Å². The molecule has 0 aliphatic carbocycles. The first-order valence-electron chi connectivity index (χ1n) is 8.17. The second-order valence-electron chi connectivity index (χ2n) is 5.87. The molecule has 9 heteroatoms. The Morgan fingerprint density at radius 3 is 2.88 bits per heavy atom. The van der Waals surface area contributed by atoms with Crippen LogP contribution in [-0.4, -0.2) is 46.3 Å². The molecule has 1 fully saturated rings. The zero-order valence-electron chi connectivity index (χ0n) is 13.9. The summed E-state index contributed by atoms with van der Waals surface area (Å²) in [5, 5.41) is 10.2. The Morgan fingerprint density at radius 2 is 2.16 bits per heavy atom. The van der Waals surface area contributed by atoms with Gasteiger partial charge in [0.2, 0.25) is 0 Å². The topological polar surface area (TPSA) is 109 Å². The number of aldehydes is 1. The second kappa shape index (κ2) is 8.13. The SMILES string of the molecule is CC(NC(=O)c1cc(NC2CCNCC2)ncn1)c1ncc(C=O)s1. The fourth-order valence-corrected chi connectivity index (χ4v) is 3.36. The minimum absolute atomic E-state index is 0.297. The summed E-state index contributed by atoms with van der Waals surface area (Å²) in [6.07, 6.45) is 5.68. The van der Waals surface area contributed by atoms with E-state index < -0.39 is 0 Å². The van der Waals surface area contributed by atoms with Crippen molar-refractivity contribution in [2.75, 3.05) is 18.4 Å². The largest absolute Gasteiger partial charge is 0.367 e. The number of nitrogens with one attached hydrogen (secondary N) is 3. The van der Waals surface area contributed by atoms with Crippen LogP contribution in [-0.2, 0) is 0 Å². The van der Waals surface area contributed by atoms with Crippen molar-refractivity contribution in [3.8, 4) is 0 Å². The maximum atomic E-state index is 12.4. The smallest absolute Gasteiger partial charge is 0.270 e. The van der Waals surface area contributed by atoms with E-state index >= 15 is 0 Å². The maximum absolute atomic E-state index is 12.4. The van der Waals surface area contributed by atoms with E-state index in [4.69, 9.17) is 0 Å². The van der Waals surface area contributed by atoms with Gasteiger partial charge in [0, 0.05) is 18.3 Å². The number of hydrogen-bond donors (Lipinski definition) is 3. The fourth-order valence-electron chi connectivity index (χ4n) is 2.62. The molecule has 2 aromatic heterocycles. The number of nitrogens with zero attached hydrogens (tertiary/aromatic N) is 3. The van der Waals surface area contributed by atoms with Crippen molar-refractivity contribution in [1.82, 2.24) is 25.6 Å². The summed E-state index contributed by atoms with van der Waals surface area (Å²) in [4.78, 5) is 36.1. The zero-order chi connectivity index (χ0) is 17.6. The normalized spacial score (nSPS) is 16.2. The van der Waals surface area contributed by atoms with Gasteiger partial charge in [-0.15, -0.1) is 11.3 Å². The highest BCUT2D eigenvalue weighted by atomic mass is 32.1. The van der Waals surface area contributed by atoms with Crippen LogP contribution in [0.5, 0.6) is 0 Å². The quantitative estimate of drug-likeness (QED) is 0.668. The molecule has 1 aliphatic rings. The average Bonchev–Trinajstić information content (AvgIpc) is 3.12. The Bertz CT molecular complexity index is 744. The number of carbonyl (C=O) groups is 2. The molecule has 1 unspecified atom stereocenters. The Morgan fingerprint density at radius 1 is 1.36 bits per heavy atom. The number of hydrogen-bond acceptors (Lipinski definition) is 8. The summed E-state index contributed by atoms with van der Waals surface area (Å²) in [7, 11) is 0. The van der Waals surface area contributed by atoms with E-state index in [1.54, 1.807) is 6.07 Å². The zero-order valence-corrected chi connectivity index (χ0v) is 14.7. The summed E-state index contributed by atoms with van der Waals surface area (Å²) in [5.41, 5.74) is 0.297. The first kappa shape index (κ1) is 17.4. The number of thiazole rings is 1. The van der Waals surface area contributed by atoms with Gasteiger partial charge in [-0.25, -0.2) is 15.0 Å². The molecule has 25 heavy (non-hydrogen) atoms. The third-order valence-corrected chi connectivity index (χ3v) is 5.07. The van der Waals surface area contributed by atoms with Gasteiger partial charge >= 0.3 is 0 Å². The third-order valence-electron chi connectivity index (χ3n) is 3.97. The molecule has 0 radical (unpaired) electrons. The van der Waals surface area contributed by atoms with E-state index in [-0.39, 0.29) is 11.9 Å². The Balaban J connectivity index is 1.63. The molecule has 0 bridgehead atoms. The molecule has 0 aromatic carbocycles. The van der Waals surface area contributed by atoms with Gasteiger partial charge in [-0.2, -0.15) is 0 Å². The van der Waals surface area contributed by atoms with E-state index in [0.717, 1.165) is 32.2 Å². The number of carbonyl (C=O) groups excluding carboxylic acids is 2. The van der Waals surface area contributed by atoms with Gasteiger partial charge in [0.1, 0.15) is 22.8 Å². The Kier molecular flexibility index (Phi) is 5.67. The molecule has 8 nitrogen and oxygen atoms in total. The van der Waals surface area contributed by atoms with Gasteiger partial charge in [0.15, 0.2) is 6.29 Å². The van der Waals surface area contributed by atoms with Crippen molar-refractivity contribution in [3.63, 3.8) is 0 Å². The van der Waals surface area contributed by atoms with Crippen molar-refractivity contribution in [2.45, 2.75) is 31.8 Å². The first-order chi connectivity index (χ1) is 12.2. The van der Waals surface area contributed by atoms with Crippen LogP contribution in [0.3, 0.4) is 0 Å². The number of piperidine rings is 1. The lowest BCUT2D eigenvalue weighted by molar-refractivity contribution is 0.0934. The maximum Gasteiger partial charge on any atom is 0.270 e. The van der Waals surface area contributed by atoms with Gasteiger partial charge in [-0.1, -0.05) is 0 Å². The van der Waals surface area contributed by atoms with Crippen LogP contribution in [0.4, 0.5) is 5.82 Å². The number of aromatic nitrogens is 3. The summed E-state index contributed by atoms with van der Waals surface area (Å²) in [6.45, 7) is 3.77. The fraction of sp³-hybridized carbons (Fsp3) is 0.438. The number of anilines is 1. The van der Waals surface area contributed by atoms with Gasteiger partial charge in [0.25, 0.3) is 5.91 Å². The highest BCUT2D eigenvalue weighted by Gasteiger charge is 2.17. The van der Waals surface area contributed by atoms with Gasteiger partial charge < -0.3 is 16.0 Å². The molecule has 3 heterocycles. The molecule has 1 aliphatic heterocycles. The van der Waals surface area contributed by atoms with Gasteiger partial charge in [0.05, 0.1) is 10.9 Å². The van der Waals surface area contributed by atoms with Crippen LogP contribution in [0.15, 0.2) is 18.6 Å².